The number of piperidine rings is 1. The molecule has 1 aromatic carbocycles. The van der Waals surface area contributed by atoms with E-state index < -0.39 is 4.92 Å². The molecule has 1 atom stereocenters. The molecule has 1 saturated heterocycles. The number of benzene rings is 1. The zero-order chi connectivity index (χ0) is 14.7. The average molecular weight is 287 g/mol. The van der Waals surface area contributed by atoms with Crippen LogP contribution in [0.3, 0.4) is 0 Å². The Hall–Kier alpha value is -2.21. The van der Waals surface area contributed by atoms with Crippen molar-refractivity contribution in [3.8, 4) is 5.75 Å². The molecule has 0 saturated carbocycles. The first-order valence-electron chi connectivity index (χ1n) is 7.11. The first-order chi connectivity index (χ1) is 10.3. The molecule has 0 aliphatic carbocycles. The lowest BCUT2D eigenvalue weighted by atomic mass is 10.0. The normalized spacial score (nSPS) is 18.6. The highest BCUT2D eigenvalue weighted by Crippen LogP contribution is 2.31. The van der Waals surface area contributed by atoms with Crippen LogP contribution in [0.25, 0.3) is 10.9 Å². The van der Waals surface area contributed by atoms with E-state index in [-0.39, 0.29) is 5.69 Å². The van der Waals surface area contributed by atoms with Gasteiger partial charge < -0.3 is 10.1 Å². The SMILES string of the molecule is O=[N+]([O-])c1ccc(OCC2CCCNC2)c2ncccc12. The molecule has 0 amide bonds. The quantitative estimate of drug-likeness (QED) is 0.690. The van der Waals surface area contributed by atoms with Crippen molar-refractivity contribution in [2.24, 2.45) is 5.92 Å². The van der Waals surface area contributed by atoms with E-state index in [0.29, 0.717) is 29.2 Å². The van der Waals surface area contributed by atoms with Gasteiger partial charge in [-0.3, -0.25) is 15.1 Å². The lowest BCUT2D eigenvalue weighted by molar-refractivity contribution is -0.383. The van der Waals surface area contributed by atoms with E-state index in [1.54, 1.807) is 24.4 Å². The number of non-ortho nitro benzene ring substituents is 1. The van der Waals surface area contributed by atoms with Gasteiger partial charge in [-0.2, -0.15) is 0 Å². The van der Waals surface area contributed by atoms with Gasteiger partial charge >= 0.3 is 0 Å². The lowest BCUT2D eigenvalue weighted by Gasteiger charge is -2.22. The van der Waals surface area contributed by atoms with Crippen molar-refractivity contribution >= 4 is 16.6 Å². The molecule has 1 unspecified atom stereocenters. The smallest absolute Gasteiger partial charge is 0.279 e. The fraction of sp³-hybridized carbons (Fsp3) is 0.400. The topological polar surface area (TPSA) is 77.3 Å². The first kappa shape index (κ1) is 13.8. The van der Waals surface area contributed by atoms with Crippen LogP contribution in [0.5, 0.6) is 5.75 Å². The Bertz CT molecular complexity index is 654. The van der Waals surface area contributed by atoms with Crippen LogP contribution < -0.4 is 10.1 Å². The number of hydrogen-bond donors (Lipinski definition) is 1. The van der Waals surface area contributed by atoms with Gasteiger partial charge in [0.05, 0.1) is 16.9 Å². The van der Waals surface area contributed by atoms with Crippen LogP contribution in [0.2, 0.25) is 0 Å². The number of fused-ring (bicyclic) bond motifs is 1. The second-order valence-corrected chi connectivity index (χ2v) is 5.26. The highest BCUT2D eigenvalue weighted by molar-refractivity contribution is 5.92. The number of hydrogen-bond acceptors (Lipinski definition) is 5. The Balaban J connectivity index is 1.85. The van der Waals surface area contributed by atoms with Crippen molar-refractivity contribution in [2.75, 3.05) is 19.7 Å². The molecule has 0 bridgehead atoms. The summed E-state index contributed by atoms with van der Waals surface area (Å²) in [7, 11) is 0. The number of nitrogens with one attached hydrogen (secondary N) is 1. The first-order valence-corrected chi connectivity index (χ1v) is 7.11. The second-order valence-electron chi connectivity index (χ2n) is 5.26. The number of nitro groups is 1. The molecule has 1 aliphatic rings. The molecule has 0 radical (unpaired) electrons. The highest BCUT2D eigenvalue weighted by atomic mass is 16.6. The molecule has 2 aromatic rings. The van der Waals surface area contributed by atoms with E-state index in [1.807, 2.05) is 0 Å². The summed E-state index contributed by atoms with van der Waals surface area (Å²) < 4.78 is 5.87. The molecule has 6 heteroatoms. The molecule has 2 heterocycles. The monoisotopic (exact) mass is 287 g/mol. The predicted molar refractivity (Wildman–Crippen MR) is 79.5 cm³/mol. The van der Waals surface area contributed by atoms with E-state index in [2.05, 4.69) is 10.3 Å². The van der Waals surface area contributed by atoms with E-state index >= 15 is 0 Å². The molecule has 1 aromatic heterocycles. The van der Waals surface area contributed by atoms with Crippen molar-refractivity contribution in [1.82, 2.24) is 10.3 Å². The number of rotatable bonds is 4. The summed E-state index contributed by atoms with van der Waals surface area (Å²) in [5.74, 6) is 1.09. The maximum Gasteiger partial charge on any atom is 0.279 e. The van der Waals surface area contributed by atoms with Gasteiger partial charge in [-0.05, 0) is 37.6 Å². The Morgan fingerprint density at radius 2 is 2.33 bits per heavy atom. The summed E-state index contributed by atoms with van der Waals surface area (Å²) >= 11 is 0. The summed E-state index contributed by atoms with van der Waals surface area (Å²) in [4.78, 5) is 14.9. The number of pyridine rings is 1. The van der Waals surface area contributed by atoms with Gasteiger partial charge in [0.1, 0.15) is 11.3 Å². The Morgan fingerprint density at radius 3 is 3.10 bits per heavy atom. The lowest BCUT2D eigenvalue weighted by Crippen LogP contribution is -2.33. The van der Waals surface area contributed by atoms with E-state index in [4.69, 9.17) is 4.74 Å². The van der Waals surface area contributed by atoms with Crippen LogP contribution in [0.1, 0.15) is 12.8 Å². The average Bonchev–Trinajstić information content (AvgIpc) is 2.53. The number of ether oxygens (including phenoxy) is 1. The van der Waals surface area contributed by atoms with Gasteiger partial charge in [-0.1, -0.05) is 0 Å². The summed E-state index contributed by atoms with van der Waals surface area (Å²) in [5, 5.41) is 14.9. The standard InChI is InChI=1S/C15H17N3O3/c19-18(20)13-5-6-14(15-12(13)4-2-8-17-15)21-10-11-3-1-7-16-9-11/h2,4-6,8,11,16H,1,3,7,9-10H2. The van der Waals surface area contributed by atoms with Crippen LogP contribution in [-0.2, 0) is 0 Å². The van der Waals surface area contributed by atoms with Crippen LogP contribution >= 0.6 is 0 Å². The third-order valence-electron chi connectivity index (χ3n) is 3.78. The van der Waals surface area contributed by atoms with Crippen molar-refractivity contribution in [3.05, 3.63) is 40.6 Å². The molecule has 1 N–H and O–H groups in total. The van der Waals surface area contributed by atoms with Gasteiger partial charge in [0.15, 0.2) is 0 Å². The zero-order valence-electron chi connectivity index (χ0n) is 11.6. The maximum absolute atomic E-state index is 11.1. The maximum atomic E-state index is 11.1. The predicted octanol–water partition coefficient (Wildman–Crippen LogP) is 2.52. The van der Waals surface area contributed by atoms with Crippen molar-refractivity contribution in [3.63, 3.8) is 0 Å². The van der Waals surface area contributed by atoms with Gasteiger partial charge in [0.2, 0.25) is 0 Å². The fourth-order valence-electron chi connectivity index (χ4n) is 2.68. The molecule has 0 spiro atoms. The van der Waals surface area contributed by atoms with E-state index in [0.717, 1.165) is 25.9 Å². The molecular formula is C15H17N3O3. The van der Waals surface area contributed by atoms with Gasteiger partial charge in [0.25, 0.3) is 5.69 Å². The van der Waals surface area contributed by atoms with Crippen LogP contribution in [0.4, 0.5) is 5.69 Å². The number of nitro benzene ring substituents is 1. The number of aromatic nitrogens is 1. The van der Waals surface area contributed by atoms with Gasteiger partial charge in [-0.15, -0.1) is 0 Å². The third-order valence-corrected chi connectivity index (χ3v) is 3.78. The molecule has 1 fully saturated rings. The summed E-state index contributed by atoms with van der Waals surface area (Å²) in [5.41, 5.74) is 0.611. The molecule has 3 rings (SSSR count). The van der Waals surface area contributed by atoms with Crippen molar-refractivity contribution in [1.29, 1.82) is 0 Å². The zero-order valence-corrected chi connectivity index (χ0v) is 11.6. The Morgan fingerprint density at radius 1 is 1.43 bits per heavy atom. The minimum Gasteiger partial charge on any atom is -0.491 e. The Kier molecular flexibility index (Phi) is 3.96. The summed E-state index contributed by atoms with van der Waals surface area (Å²) in [6.45, 7) is 2.63. The fourth-order valence-corrected chi connectivity index (χ4v) is 2.68. The molecular weight excluding hydrogens is 270 g/mol. The van der Waals surface area contributed by atoms with Crippen LogP contribution in [-0.4, -0.2) is 29.6 Å². The van der Waals surface area contributed by atoms with Crippen LogP contribution in [0.15, 0.2) is 30.5 Å². The molecule has 1 aliphatic heterocycles. The number of nitrogens with zero attached hydrogens (tertiary/aromatic N) is 2. The van der Waals surface area contributed by atoms with Gasteiger partial charge in [-0.25, -0.2) is 0 Å². The van der Waals surface area contributed by atoms with Crippen molar-refractivity contribution in [2.45, 2.75) is 12.8 Å². The second kappa shape index (κ2) is 6.05. The summed E-state index contributed by atoms with van der Waals surface area (Å²) in [6.07, 6.45) is 3.93. The van der Waals surface area contributed by atoms with Crippen LogP contribution in [0, 0.1) is 16.0 Å². The largest absolute Gasteiger partial charge is 0.491 e. The molecule has 21 heavy (non-hydrogen) atoms. The third kappa shape index (κ3) is 2.95. The summed E-state index contributed by atoms with van der Waals surface area (Å²) in [6, 6.07) is 6.53. The Labute approximate surface area is 122 Å². The minimum absolute atomic E-state index is 0.0600. The minimum atomic E-state index is -0.390. The highest BCUT2D eigenvalue weighted by Gasteiger charge is 2.18. The molecule has 110 valence electrons. The van der Waals surface area contributed by atoms with Crippen molar-refractivity contribution < 1.29 is 9.66 Å². The van der Waals surface area contributed by atoms with E-state index in [1.165, 1.54) is 6.07 Å². The van der Waals surface area contributed by atoms with Gasteiger partial charge in [0, 0.05) is 24.7 Å². The van der Waals surface area contributed by atoms with E-state index in [9.17, 15) is 10.1 Å². The molecule has 6 nitrogen and oxygen atoms in total.